The largest absolute Gasteiger partial charge is 0.493 e. The second-order valence-electron chi connectivity index (χ2n) is 5.04. The van der Waals surface area contributed by atoms with Crippen LogP contribution in [0.4, 0.5) is 0 Å². The number of benzene rings is 1. The van der Waals surface area contributed by atoms with Crippen LogP contribution in [0.3, 0.4) is 0 Å². The molecule has 1 aromatic rings. The highest BCUT2D eigenvalue weighted by atomic mass is 16.5. The third-order valence-electron chi connectivity index (χ3n) is 3.68. The van der Waals surface area contributed by atoms with E-state index in [-0.39, 0.29) is 12.1 Å². The first kappa shape index (κ1) is 16.0. The van der Waals surface area contributed by atoms with Gasteiger partial charge < -0.3 is 15.2 Å². The molecule has 3 nitrogen and oxygen atoms in total. The number of hydrogen-bond acceptors (Lipinski definition) is 3. The van der Waals surface area contributed by atoms with Gasteiger partial charge in [0.05, 0.1) is 13.2 Å². The van der Waals surface area contributed by atoms with E-state index in [1.54, 1.807) is 0 Å². The van der Waals surface area contributed by atoms with Crippen molar-refractivity contribution in [2.24, 2.45) is 0 Å². The van der Waals surface area contributed by atoms with Crippen molar-refractivity contribution in [3.05, 3.63) is 29.8 Å². The maximum absolute atomic E-state index is 9.56. The van der Waals surface area contributed by atoms with E-state index in [2.05, 4.69) is 32.2 Å². The van der Waals surface area contributed by atoms with Crippen molar-refractivity contribution in [3.8, 4) is 5.75 Å². The van der Waals surface area contributed by atoms with Gasteiger partial charge in [-0.15, -0.1) is 0 Å². The molecule has 0 aromatic heterocycles. The fourth-order valence-corrected chi connectivity index (χ4v) is 2.32. The summed E-state index contributed by atoms with van der Waals surface area (Å²) in [4.78, 5) is 0. The summed E-state index contributed by atoms with van der Waals surface area (Å²) < 4.78 is 5.79. The molecule has 0 aliphatic rings. The highest BCUT2D eigenvalue weighted by molar-refractivity contribution is 5.31. The standard InChI is InChI=1S/C16H27NO2/c1-4-16(13-18,17-5-2)11-8-12-19-15-10-7-6-9-14(15)3/h6-7,9-10,17-18H,4-5,8,11-13H2,1-3H3. The van der Waals surface area contributed by atoms with Gasteiger partial charge in [0.15, 0.2) is 0 Å². The van der Waals surface area contributed by atoms with Crippen LogP contribution >= 0.6 is 0 Å². The topological polar surface area (TPSA) is 41.5 Å². The minimum atomic E-state index is -0.149. The summed E-state index contributed by atoms with van der Waals surface area (Å²) in [5.74, 6) is 0.956. The average Bonchev–Trinajstić information content (AvgIpc) is 2.44. The molecule has 0 aliphatic carbocycles. The number of aliphatic hydroxyl groups is 1. The molecule has 0 bridgehead atoms. The second-order valence-corrected chi connectivity index (χ2v) is 5.04. The van der Waals surface area contributed by atoms with E-state index in [4.69, 9.17) is 4.74 Å². The van der Waals surface area contributed by atoms with Crippen LogP contribution in [-0.2, 0) is 0 Å². The summed E-state index contributed by atoms with van der Waals surface area (Å²) in [5, 5.41) is 13.0. The molecule has 108 valence electrons. The lowest BCUT2D eigenvalue weighted by molar-refractivity contribution is 0.139. The van der Waals surface area contributed by atoms with E-state index in [0.29, 0.717) is 6.61 Å². The highest BCUT2D eigenvalue weighted by Gasteiger charge is 2.25. The molecular formula is C16H27NO2. The summed E-state index contributed by atoms with van der Waals surface area (Å²) in [6.45, 7) is 8.00. The number of ether oxygens (including phenoxy) is 1. The van der Waals surface area contributed by atoms with Gasteiger partial charge >= 0.3 is 0 Å². The predicted octanol–water partition coefficient (Wildman–Crippen LogP) is 2.90. The van der Waals surface area contributed by atoms with Crippen molar-refractivity contribution in [1.29, 1.82) is 0 Å². The number of likely N-dealkylation sites (N-methyl/N-ethyl adjacent to an activating group) is 1. The van der Waals surface area contributed by atoms with E-state index in [9.17, 15) is 5.11 Å². The van der Waals surface area contributed by atoms with Gasteiger partial charge in [-0.05, 0) is 44.4 Å². The average molecular weight is 265 g/mol. The van der Waals surface area contributed by atoms with Gasteiger partial charge in [-0.1, -0.05) is 32.0 Å². The molecule has 1 aromatic carbocycles. The van der Waals surface area contributed by atoms with Gasteiger partial charge in [0.1, 0.15) is 5.75 Å². The maximum Gasteiger partial charge on any atom is 0.122 e. The number of para-hydroxylation sites is 1. The fraction of sp³-hybridized carbons (Fsp3) is 0.625. The molecule has 0 saturated carbocycles. The van der Waals surface area contributed by atoms with Crippen molar-refractivity contribution in [2.45, 2.75) is 45.6 Å². The Hall–Kier alpha value is -1.06. The monoisotopic (exact) mass is 265 g/mol. The molecule has 1 atom stereocenters. The molecule has 0 amide bonds. The van der Waals surface area contributed by atoms with Crippen LogP contribution in [0, 0.1) is 6.92 Å². The van der Waals surface area contributed by atoms with E-state index < -0.39 is 0 Å². The van der Waals surface area contributed by atoms with E-state index >= 15 is 0 Å². The molecule has 1 unspecified atom stereocenters. The van der Waals surface area contributed by atoms with Gasteiger partial charge in [-0.25, -0.2) is 0 Å². The van der Waals surface area contributed by atoms with Gasteiger partial charge in [0.2, 0.25) is 0 Å². The highest BCUT2D eigenvalue weighted by Crippen LogP contribution is 2.19. The van der Waals surface area contributed by atoms with Crippen molar-refractivity contribution >= 4 is 0 Å². The molecule has 0 radical (unpaired) electrons. The van der Waals surface area contributed by atoms with Crippen LogP contribution in [0.2, 0.25) is 0 Å². The Morgan fingerprint density at radius 1 is 1.26 bits per heavy atom. The lowest BCUT2D eigenvalue weighted by Crippen LogP contribution is -2.48. The quantitative estimate of drug-likeness (QED) is 0.675. The maximum atomic E-state index is 9.56. The summed E-state index contributed by atoms with van der Waals surface area (Å²) in [6.07, 6.45) is 2.80. The predicted molar refractivity (Wildman–Crippen MR) is 79.7 cm³/mol. The minimum absolute atomic E-state index is 0.149. The zero-order valence-corrected chi connectivity index (χ0v) is 12.4. The molecule has 1 rings (SSSR count). The number of aliphatic hydroxyl groups excluding tert-OH is 1. The van der Waals surface area contributed by atoms with E-state index in [1.807, 2.05) is 18.2 Å². The Morgan fingerprint density at radius 3 is 2.58 bits per heavy atom. The Labute approximate surface area is 117 Å². The van der Waals surface area contributed by atoms with E-state index in [1.165, 1.54) is 0 Å². The smallest absolute Gasteiger partial charge is 0.122 e. The molecule has 0 aliphatic heterocycles. The van der Waals surface area contributed by atoms with Crippen LogP contribution in [-0.4, -0.2) is 30.4 Å². The van der Waals surface area contributed by atoms with Crippen molar-refractivity contribution in [3.63, 3.8) is 0 Å². The van der Waals surface area contributed by atoms with Crippen LogP contribution in [0.5, 0.6) is 5.75 Å². The summed E-state index contributed by atoms with van der Waals surface area (Å²) in [7, 11) is 0. The van der Waals surface area contributed by atoms with Crippen LogP contribution in [0.25, 0.3) is 0 Å². The first-order valence-corrected chi connectivity index (χ1v) is 7.21. The molecule has 0 heterocycles. The minimum Gasteiger partial charge on any atom is -0.493 e. The lowest BCUT2D eigenvalue weighted by Gasteiger charge is -2.31. The Balaban J connectivity index is 2.39. The number of aryl methyl sites for hydroxylation is 1. The zero-order chi connectivity index (χ0) is 14.1. The Kier molecular flexibility index (Phi) is 6.89. The number of nitrogens with one attached hydrogen (secondary N) is 1. The zero-order valence-electron chi connectivity index (χ0n) is 12.4. The number of rotatable bonds is 9. The molecule has 0 fully saturated rings. The fourth-order valence-electron chi connectivity index (χ4n) is 2.32. The Bertz CT molecular complexity index is 362. The van der Waals surface area contributed by atoms with Crippen LogP contribution < -0.4 is 10.1 Å². The molecular weight excluding hydrogens is 238 g/mol. The van der Waals surface area contributed by atoms with Gasteiger partial charge in [-0.2, -0.15) is 0 Å². The molecule has 0 spiro atoms. The number of hydrogen-bond donors (Lipinski definition) is 2. The first-order valence-electron chi connectivity index (χ1n) is 7.21. The second kappa shape index (κ2) is 8.18. The first-order chi connectivity index (χ1) is 9.17. The van der Waals surface area contributed by atoms with Gasteiger partial charge in [-0.3, -0.25) is 0 Å². The summed E-state index contributed by atoms with van der Waals surface area (Å²) in [6, 6.07) is 8.06. The lowest BCUT2D eigenvalue weighted by atomic mass is 9.91. The van der Waals surface area contributed by atoms with Gasteiger partial charge in [0.25, 0.3) is 0 Å². The Morgan fingerprint density at radius 2 is 2.00 bits per heavy atom. The molecule has 19 heavy (non-hydrogen) atoms. The normalized spacial score (nSPS) is 14.1. The van der Waals surface area contributed by atoms with E-state index in [0.717, 1.165) is 37.1 Å². The molecule has 3 heteroatoms. The third-order valence-corrected chi connectivity index (χ3v) is 3.68. The van der Waals surface area contributed by atoms with Crippen LogP contribution in [0.1, 0.15) is 38.7 Å². The molecule has 0 saturated heterocycles. The van der Waals surface area contributed by atoms with Crippen molar-refractivity contribution < 1.29 is 9.84 Å². The SMILES string of the molecule is CCNC(CC)(CO)CCCOc1ccccc1C. The summed E-state index contributed by atoms with van der Waals surface area (Å²) in [5.41, 5.74) is 1.02. The van der Waals surface area contributed by atoms with Crippen molar-refractivity contribution in [2.75, 3.05) is 19.8 Å². The van der Waals surface area contributed by atoms with Crippen LogP contribution in [0.15, 0.2) is 24.3 Å². The summed E-state index contributed by atoms with van der Waals surface area (Å²) >= 11 is 0. The third kappa shape index (κ3) is 4.84. The van der Waals surface area contributed by atoms with Gasteiger partial charge in [0, 0.05) is 5.54 Å². The molecule has 2 N–H and O–H groups in total. The van der Waals surface area contributed by atoms with Crippen molar-refractivity contribution in [1.82, 2.24) is 5.32 Å².